The molecule has 28 heavy (non-hydrogen) atoms. The Hall–Kier alpha value is -2.87. The van der Waals surface area contributed by atoms with Gasteiger partial charge < -0.3 is 25.3 Å². The van der Waals surface area contributed by atoms with Gasteiger partial charge in [0.2, 0.25) is 5.95 Å². The summed E-state index contributed by atoms with van der Waals surface area (Å²) in [5, 5.41) is 3.29. The Kier molecular flexibility index (Phi) is 4.27. The van der Waals surface area contributed by atoms with Crippen LogP contribution in [0.15, 0.2) is 30.7 Å². The van der Waals surface area contributed by atoms with Gasteiger partial charge in [-0.2, -0.15) is 4.98 Å². The molecule has 8 nitrogen and oxygen atoms in total. The van der Waals surface area contributed by atoms with E-state index in [9.17, 15) is 0 Å². The maximum absolute atomic E-state index is 5.66. The lowest BCUT2D eigenvalue weighted by molar-refractivity contribution is 0.313. The number of hydrogen-bond donors (Lipinski definition) is 2. The molecule has 2 aliphatic rings. The van der Waals surface area contributed by atoms with Crippen LogP contribution < -0.4 is 16.0 Å². The summed E-state index contributed by atoms with van der Waals surface area (Å²) in [6.07, 6.45) is 8.63. The van der Waals surface area contributed by atoms with Gasteiger partial charge in [-0.3, -0.25) is 0 Å². The Morgan fingerprint density at radius 1 is 1.14 bits per heavy atom. The molecule has 0 unspecified atom stereocenters. The first kappa shape index (κ1) is 17.2. The van der Waals surface area contributed by atoms with Gasteiger partial charge in [0.1, 0.15) is 5.82 Å². The Balaban J connectivity index is 1.44. The van der Waals surface area contributed by atoms with E-state index in [-0.39, 0.29) is 5.95 Å². The molecule has 0 amide bonds. The molecule has 2 fully saturated rings. The maximum Gasteiger partial charge on any atom is 0.221 e. The third kappa shape index (κ3) is 3.47. The van der Waals surface area contributed by atoms with Crippen molar-refractivity contribution in [2.45, 2.75) is 25.3 Å². The standard InChI is InChI=1S/C20H26N8/c1-26-6-8-27(9-7-26)17-10-15(14-2-3-14)12-28-13-16(24-19(17)28)11-23-18-4-5-22-20(21)25-18/h4-5,10,12-14H,2-3,6-9,11H2,1H3,(H3,21,22,23,25). The summed E-state index contributed by atoms with van der Waals surface area (Å²) < 4.78 is 2.20. The fourth-order valence-electron chi connectivity index (χ4n) is 3.81. The van der Waals surface area contributed by atoms with Gasteiger partial charge in [-0.1, -0.05) is 0 Å². The Morgan fingerprint density at radius 3 is 2.71 bits per heavy atom. The number of imidazole rings is 1. The zero-order valence-corrected chi connectivity index (χ0v) is 16.2. The molecule has 8 heteroatoms. The zero-order chi connectivity index (χ0) is 19.1. The maximum atomic E-state index is 5.66. The van der Waals surface area contributed by atoms with Crippen LogP contribution in [0.5, 0.6) is 0 Å². The summed E-state index contributed by atoms with van der Waals surface area (Å²) in [4.78, 5) is 17.9. The number of rotatable bonds is 5. The molecule has 1 saturated carbocycles. The summed E-state index contributed by atoms with van der Waals surface area (Å²) in [6, 6.07) is 4.18. The van der Waals surface area contributed by atoms with Crippen LogP contribution in [0.4, 0.5) is 17.5 Å². The summed E-state index contributed by atoms with van der Waals surface area (Å²) in [5.74, 6) is 1.69. The lowest BCUT2D eigenvalue weighted by Gasteiger charge is -2.34. The van der Waals surface area contributed by atoms with Gasteiger partial charge in [0.15, 0.2) is 5.65 Å². The third-order valence-electron chi connectivity index (χ3n) is 5.62. The molecule has 146 valence electrons. The number of nitrogens with one attached hydrogen (secondary N) is 1. The molecular weight excluding hydrogens is 352 g/mol. The number of nitrogens with two attached hydrogens (primary N) is 1. The normalized spacial score (nSPS) is 18.0. The molecule has 0 atom stereocenters. The minimum Gasteiger partial charge on any atom is -0.368 e. The van der Waals surface area contributed by atoms with E-state index in [4.69, 9.17) is 10.7 Å². The summed E-state index contributed by atoms with van der Waals surface area (Å²) in [5.41, 5.74) is 10.4. The molecule has 1 aliphatic heterocycles. The zero-order valence-electron chi connectivity index (χ0n) is 16.2. The fraction of sp³-hybridized carbons (Fsp3) is 0.450. The molecule has 3 aromatic heterocycles. The van der Waals surface area contributed by atoms with Gasteiger partial charge in [-0.05, 0) is 43.5 Å². The molecule has 0 bridgehead atoms. The van der Waals surface area contributed by atoms with Crippen LogP contribution in [0.2, 0.25) is 0 Å². The number of nitrogen functional groups attached to an aromatic ring is 1. The average Bonchev–Trinajstić information content (AvgIpc) is 3.46. The molecular formula is C20H26N8. The van der Waals surface area contributed by atoms with E-state index in [0.29, 0.717) is 18.3 Å². The first-order chi connectivity index (χ1) is 13.7. The third-order valence-corrected chi connectivity index (χ3v) is 5.62. The predicted molar refractivity (Wildman–Crippen MR) is 111 cm³/mol. The molecule has 1 aliphatic carbocycles. The van der Waals surface area contributed by atoms with E-state index in [1.165, 1.54) is 24.1 Å². The van der Waals surface area contributed by atoms with E-state index in [2.05, 4.69) is 55.0 Å². The van der Waals surface area contributed by atoms with Crippen LogP contribution in [-0.4, -0.2) is 57.5 Å². The van der Waals surface area contributed by atoms with Gasteiger partial charge >= 0.3 is 0 Å². The number of piperazine rings is 1. The highest BCUT2D eigenvalue weighted by Gasteiger charge is 2.27. The SMILES string of the molecule is CN1CCN(c2cc(C3CC3)cn3cc(CNc4ccnc(N)n4)nc23)CC1. The quantitative estimate of drug-likeness (QED) is 0.701. The van der Waals surface area contributed by atoms with Crippen LogP contribution in [-0.2, 0) is 6.54 Å². The summed E-state index contributed by atoms with van der Waals surface area (Å²) in [6.45, 7) is 4.86. The number of likely N-dealkylation sites (N-methyl/N-ethyl adjacent to an activating group) is 1. The summed E-state index contributed by atoms with van der Waals surface area (Å²) >= 11 is 0. The molecule has 3 aromatic rings. The summed E-state index contributed by atoms with van der Waals surface area (Å²) in [7, 11) is 2.19. The molecule has 3 N–H and O–H groups in total. The monoisotopic (exact) mass is 378 g/mol. The van der Waals surface area contributed by atoms with Gasteiger partial charge in [0.25, 0.3) is 0 Å². The number of nitrogens with zero attached hydrogens (tertiary/aromatic N) is 6. The van der Waals surface area contributed by atoms with Crippen LogP contribution in [0.3, 0.4) is 0 Å². The second-order valence-corrected chi connectivity index (χ2v) is 7.84. The van der Waals surface area contributed by atoms with Crippen molar-refractivity contribution in [2.75, 3.05) is 49.2 Å². The Bertz CT molecular complexity index is 985. The van der Waals surface area contributed by atoms with Crippen LogP contribution in [0.1, 0.15) is 30.0 Å². The highest BCUT2D eigenvalue weighted by Crippen LogP contribution is 2.41. The average molecular weight is 378 g/mol. The lowest BCUT2D eigenvalue weighted by atomic mass is 10.1. The highest BCUT2D eigenvalue weighted by molar-refractivity contribution is 5.71. The van der Waals surface area contributed by atoms with Gasteiger partial charge in [0.05, 0.1) is 17.9 Å². The molecule has 4 heterocycles. The molecule has 5 rings (SSSR count). The highest BCUT2D eigenvalue weighted by atomic mass is 15.3. The molecule has 0 radical (unpaired) electrons. The van der Waals surface area contributed by atoms with Crippen molar-refractivity contribution in [3.8, 4) is 0 Å². The van der Waals surface area contributed by atoms with Gasteiger partial charge in [-0.25, -0.2) is 9.97 Å². The van der Waals surface area contributed by atoms with Gasteiger partial charge in [0, 0.05) is 44.8 Å². The second-order valence-electron chi connectivity index (χ2n) is 7.84. The number of hydrogen-bond acceptors (Lipinski definition) is 7. The van der Waals surface area contributed by atoms with Crippen molar-refractivity contribution in [1.29, 1.82) is 0 Å². The van der Waals surface area contributed by atoms with Crippen molar-refractivity contribution in [3.63, 3.8) is 0 Å². The second kappa shape index (κ2) is 6.94. The first-order valence-corrected chi connectivity index (χ1v) is 9.93. The van der Waals surface area contributed by atoms with E-state index in [1.807, 2.05) is 6.07 Å². The number of fused-ring (bicyclic) bond motifs is 1. The smallest absolute Gasteiger partial charge is 0.221 e. The topological polar surface area (TPSA) is 87.6 Å². The van der Waals surface area contributed by atoms with E-state index in [0.717, 1.165) is 37.5 Å². The fourth-order valence-corrected chi connectivity index (χ4v) is 3.81. The van der Waals surface area contributed by atoms with Crippen LogP contribution in [0.25, 0.3) is 5.65 Å². The molecule has 0 aromatic carbocycles. The van der Waals surface area contributed by atoms with Crippen LogP contribution >= 0.6 is 0 Å². The van der Waals surface area contributed by atoms with Crippen molar-refractivity contribution >= 4 is 23.1 Å². The first-order valence-electron chi connectivity index (χ1n) is 9.93. The van der Waals surface area contributed by atoms with E-state index in [1.54, 1.807) is 6.20 Å². The molecule has 1 saturated heterocycles. The minimum absolute atomic E-state index is 0.270. The number of anilines is 3. The number of pyridine rings is 1. The Labute approximate surface area is 164 Å². The minimum atomic E-state index is 0.270. The number of aromatic nitrogens is 4. The molecule has 0 spiro atoms. The largest absolute Gasteiger partial charge is 0.368 e. The van der Waals surface area contributed by atoms with Crippen molar-refractivity contribution in [1.82, 2.24) is 24.3 Å². The Morgan fingerprint density at radius 2 is 1.96 bits per heavy atom. The van der Waals surface area contributed by atoms with E-state index >= 15 is 0 Å². The van der Waals surface area contributed by atoms with Crippen molar-refractivity contribution in [3.05, 3.63) is 42.0 Å². The lowest BCUT2D eigenvalue weighted by Crippen LogP contribution is -2.44. The predicted octanol–water partition coefficient (Wildman–Crippen LogP) is 1.95. The van der Waals surface area contributed by atoms with Crippen molar-refractivity contribution < 1.29 is 0 Å². The van der Waals surface area contributed by atoms with Crippen molar-refractivity contribution in [2.24, 2.45) is 0 Å². The van der Waals surface area contributed by atoms with Crippen LogP contribution in [0, 0.1) is 0 Å². The van der Waals surface area contributed by atoms with Gasteiger partial charge in [-0.15, -0.1) is 0 Å². The van der Waals surface area contributed by atoms with E-state index < -0.39 is 0 Å².